The Morgan fingerprint density at radius 2 is 2.06 bits per heavy atom. The summed E-state index contributed by atoms with van der Waals surface area (Å²) in [6.45, 7) is 5.79. The number of aliphatic hydroxyl groups excluding tert-OH is 1. The van der Waals surface area contributed by atoms with Crippen LogP contribution in [0.15, 0.2) is 12.1 Å². The van der Waals surface area contributed by atoms with Crippen molar-refractivity contribution in [2.24, 2.45) is 11.8 Å². The highest BCUT2D eigenvalue weighted by atomic mass is 32.1. The molecular weight excluding hydrogens is 224 g/mol. The monoisotopic (exact) mass is 242 g/mol. The number of ether oxygens (including phenoxy) is 1. The van der Waals surface area contributed by atoms with Gasteiger partial charge >= 0.3 is 5.97 Å². The van der Waals surface area contributed by atoms with E-state index >= 15 is 0 Å². The van der Waals surface area contributed by atoms with Crippen LogP contribution >= 0.6 is 11.3 Å². The van der Waals surface area contributed by atoms with Gasteiger partial charge in [0.05, 0.1) is 13.0 Å². The molecule has 1 rings (SSSR count). The number of aryl methyl sites for hydroxylation is 1. The van der Waals surface area contributed by atoms with Crippen LogP contribution in [0.1, 0.15) is 29.7 Å². The van der Waals surface area contributed by atoms with Crippen molar-refractivity contribution in [2.75, 3.05) is 7.11 Å². The molecule has 16 heavy (non-hydrogen) atoms. The van der Waals surface area contributed by atoms with E-state index in [1.807, 2.05) is 32.9 Å². The lowest BCUT2D eigenvalue weighted by Crippen LogP contribution is -2.27. The van der Waals surface area contributed by atoms with Gasteiger partial charge in [-0.3, -0.25) is 4.79 Å². The van der Waals surface area contributed by atoms with Gasteiger partial charge in [-0.15, -0.1) is 11.3 Å². The van der Waals surface area contributed by atoms with Crippen molar-refractivity contribution in [1.29, 1.82) is 0 Å². The fourth-order valence-electron chi connectivity index (χ4n) is 1.69. The SMILES string of the molecule is COC(=O)C(C(C)C)C(O)c1ccc(C)s1. The number of carbonyl (C=O) groups is 1. The third-order valence-corrected chi connectivity index (χ3v) is 3.66. The molecule has 1 heterocycles. The summed E-state index contributed by atoms with van der Waals surface area (Å²) in [5.74, 6) is -0.804. The van der Waals surface area contributed by atoms with E-state index in [1.165, 1.54) is 18.4 Å². The average molecular weight is 242 g/mol. The summed E-state index contributed by atoms with van der Waals surface area (Å²) >= 11 is 1.51. The van der Waals surface area contributed by atoms with Gasteiger partial charge in [0.15, 0.2) is 0 Å². The number of methoxy groups -OCH3 is 1. The first-order chi connectivity index (χ1) is 7.47. The number of aliphatic hydroxyl groups is 1. The Hall–Kier alpha value is -0.870. The fourth-order valence-corrected chi connectivity index (χ4v) is 2.60. The average Bonchev–Trinajstić information content (AvgIpc) is 2.64. The van der Waals surface area contributed by atoms with Crippen molar-refractivity contribution in [1.82, 2.24) is 0 Å². The topological polar surface area (TPSA) is 46.5 Å². The van der Waals surface area contributed by atoms with Crippen LogP contribution in [0.25, 0.3) is 0 Å². The molecule has 1 aromatic heterocycles. The van der Waals surface area contributed by atoms with Crippen molar-refractivity contribution < 1.29 is 14.6 Å². The molecule has 0 amide bonds. The Balaban J connectivity index is 2.91. The van der Waals surface area contributed by atoms with Crippen LogP contribution in [0.5, 0.6) is 0 Å². The highest BCUT2D eigenvalue weighted by Gasteiger charge is 2.32. The van der Waals surface area contributed by atoms with Gasteiger partial charge in [0, 0.05) is 9.75 Å². The first-order valence-corrected chi connectivity index (χ1v) is 6.11. The van der Waals surface area contributed by atoms with E-state index in [9.17, 15) is 9.90 Å². The van der Waals surface area contributed by atoms with Gasteiger partial charge in [-0.25, -0.2) is 0 Å². The summed E-state index contributed by atoms with van der Waals surface area (Å²) in [5, 5.41) is 10.2. The van der Waals surface area contributed by atoms with E-state index in [0.717, 1.165) is 9.75 Å². The van der Waals surface area contributed by atoms with Crippen LogP contribution in [0.4, 0.5) is 0 Å². The van der Waals surface area contributed by atoms with Crippen LogP contribution in [-0.2, 0) is 9.53 Å². The zero-order chi connectivity index (χ0) is 12.3. The second-order valence-corrected chi connectivity index (χ2v) is 5.51. The Morgan fingerprint density at radius 1 is 1.44 bits per heavy atom. The van der Waals surface area contributed by atoms with Gasteiger partial charge < -0.3 is 9.84 Å². The molecule has 1 aromatic rings. The molecular formula is C12H18O3S. The number of thiophene rings is 1. The van der Waals surface area contributed by atoms with E-state index in [-0.39, 0.29) is 11.9 Å². The number of esters is 1. The summed E-state index contributed by atoms with van der Waals surface area (Å²) in [6, 6.07) is 3.81. The molecule has 0 bridgehead atoms. The van der Waals surface area contributed by atoms with Crippen LogP contribution in [0.3, 0.4) is 0 Å². The summed E-state index contributed by atoms with van der Waals surface area (Å²) in [4.78, 5) is 13.5. The Kier molecular flexibility index (Phi) is 4.50. The molecule has 0 fully saturated rings. The van der Waals surface area contributed by atoms with Crippen molar-refractivity contribution in [3.05, 3.63) is 21.9 Å². The van der Waals surface area contributed by atoms with E-state index in [0.29, 0.717) is 0 Å². The molecule has 0 radical (unpaired) electrons. The van der Waals surface area contributed by atoms with Crippen LogP contribution < -0.4 is 0 Å². The molecule has 0 saturated heterocycles. The normalized spacial score (nSPS) is 14.9. The predicted octanol–water partition coefficient (Wildman–Crippen LogP) is 2.54. The maximum absolute atomic E-state index is 11.6. The largest absolute Gasteiger partial charge is 0.469 e. The molecule has 0 aliphatic rings. The lowest BCUT2D eigenvalue weighted by Gasteiger charge is -2.23. The van der Waals surface area contributed by atoms with Crippen LogP contribution in [0.2, 0.25) is 0 Å². The standard InChI is InChI=1S/C12H18O3S/c1-7(2)10(12(14)15-4)11(13)9-6-5-8(3)16-9/h5-7,10-11,13H,1-4H3. The highest BCUT2D eigenvalue weighted by molar-refractivity contribution is 7.12. The number of rotatable bonds is 4. The minimum absolute atomic E-state index is 0.0462. The molecule has 90 valence electrons. The summed E-state index contributed by atoms with van der Waals surface area (Å²) in [6.07, 6.45) is -0.772. The maximum atomic E-state index is 11.6. The second kappa shape index (κ2) is 5.46. The second-order valence-electron chi connectivity index (χ2n) is 4.19. The minimum atomic E-state index is -0.772. The molecule has 0 spiro atoms. The molecule has 0 saturated carbocycles. The molecule has 2 atom stereocenters. The first kappa shape index (κ1) is 13.2. The highest BCUT2D eigenvalue weighted by Crippen LogP contribution is 2.32. The molecule has 0 aromatic carbocycles. The van der Waals surface area contributed by atoms with Crippen molar-refractivity contribution in [3.8, 4) is 0 Å². The Bertz CT molecular complexity index is 357. The Morgan fingerprint density at radius 3 is 2.44 bits per heavy atom. The Labute approximate surface area is 100 Å². The van der Waals surface area contributed by atoms with Crippen molar-refractivity contribution in [3.63, 3.8) is 0 Å². The van der Waals surface area contributed by atoms with Gasteiger partial charge in [-0.2, -0.15) is 0 Å². The zero-order valence-corrected chi connectivity index (χ0v) is 10.9. The van der Waals surface area contributed by atoms with E-state index in [4.69, 9.17) is 4.74 Å². The van der Waals surface area contributed by atoms with Gasteiger partial charge in [0.25, 0.3) is 0 Å². The summed E-state index contributed by atoms with van der Waals surface area (Å²) < 4.78 is 4.73. The smallest absolute Gasteiger partial charge is 0.311 e. The third kappa shape index (κ3) is 2.83. The summed E-state index contributed by atoms with van der Waals surface area (Å²) in [7, 11) is 1.35. The number of carbonyl (C=O) groups excluding carboxylic acids is 1. The predicted molar refractivity (Wildman–Crippen MR) is 64.4 cm³/mol. The molecule has 2 unspecified atom stereocenters. The van der Waals surface area contributed by atoms with E-state index < -0.39 is 12.0 Å². The lowest BCUT2D eigenvalue weighted by atomic mass is 9.89. The maximum Gasteiger partial charge on any atom is 0.311 e. The fraction of sp³-hybridized carbons (Fsp3) is 0.583. The van der Waals surface area contributed by atoms with E-state index in [2.05, 4.69) is 0 Å². The molecule has 3 nitrogen and oxygen atoms in total. The number of hydrogen-bond donors (Lipinski definition) is 1. The van der Waals surface area contributed by atoms with Gasteiger partial charge in [-0.1, -0.05) is 13.8 Å². The van der Waals surface area contributed by atoms with Crippen molar-refractivity contribution in [2.45, 2.75) is 26.9 Å². The molecule has 0 aliphatic carbocycles. The first-order valence-electron chi connectivity index (χ1n) is 5.29. The van der Waals surface area contributed by atoms with Gasteiger partial charge in [-0.05, 0) is 25.0 Å². The van der Waals surface area contributed by atoms with E-state index in [1.54, 1.807) is 0 Å². The van der Waals surface area contributed by atoms with Crippen LogP contribution in [0, 0.1) is 18.8 Å². The van der Waals surface area contributed by atoms with Gasteiger partial charge in [0.1, 0.15) is 6.10 Å². The van der Waals surface area contributed by atoms with Crippen LogP contribution in [-0.4, -0.2) is 18.2 Å². The third-order valence-electron chi connectivity index (χ3n) is 2.58. The summed E-state index contributed by atoms with van der Waals surface area (Å²) in [5.41, 5.74) is 0. The van der Waals surface area contributed by atoms with Gasteiger partial charge in [0.2, 0.25) is 0 Å². The number of hydrogen-bond acceptors (Lipinski definition) is 4. The van der Waals surface area contributed by atoms with Crippen molar-refractivity contribution >= 4 is 17.3 Å². The molecule has 0 aliphatic heterocycles. The molecule has 1 N–H and O–H groups in total. The minimum Gasteiger partial charge on any atom is -0.469 e. The lowest BCUT2D eigenvalue weighted by molar-refractivity contribution is -0.151. The zero-order valence-electron chi connectivity index (χ0n) is 10.1. The quantitative estimate of drug-likeness (QED) is 0.825. The molecule has 4 heteroatoms.